The average Bonchev–Trinajstić information content (AvgIpc) is 3.24. The maximum Gasteiger partial charge on any atom is 0.303 e. The van der Waals surface area contributed by atoms with Crippen molar-refractivity contribution in [2.45, 2.75) is 133 Å². The number of allylic oxidation sites excluding steroid dienone is 2. The van der Waals surface area contributed by atoms with Gasteiger partial charge in [-0.3, -0.25) is 4.79 Å². The fraction of sp³-hybridized carbons (Fsp3) is 0.917. The summed E-state index contributed by atoms with van der Waals surface area (Å²) in [6.07, 6.45) is 15.5. The van der Waals surface area contributed by atoms with Gasteiger partial charge in [-0.1, -0.05) is 70.4 Å². The van der Waals surface area contributed by atoms with E-state index < -0.39 is 42.6 Å². The van der Waals surface area contributed by atoms with Gasteiger partial charge in [0.05, 0.1) is 79.3 Å². The third kappa shape index (κ3) is 89.2. The maximum absolute atomic E-state index is 10.3. The number of aliphatic hydroxyl groups excluding tert-OH is 18. The van der Waals surface area contributed by atoms with Gasteiger partial charge in [0, 0.05) is 6.42 Å². The van der Waals surface area contributed by atoms with Crippen LogP contribution in [0.2, 0.25) is 0 Å². The van der Waals surface area contributed by atoms with Gasteiger partial charge in [0.1, 0.15) is 36.6 Å². The van der Waals surface area contributed by atoms with Gasteiger partial charge in [0.15, 0.2) is 0 Å². The summed E-state index contributed by atoms with van der Waals surface area (Å²) in [6, 6.07) is 0. The Morgan fingerprint density at radius 3 is 0.732 bits per heavy atom. The van der Waals surface area contributed by atoms with Gasteiger partial charge >= 0.3 is 5.97 Å². The van der Waals surface area contributed by atoms with Crippen LogP contribution in [0.1, 0.15) is 96.8 Å². The Morgan fingerprint density at radius 2 is 0.554 bits per heavy atom. The largest absolute Gasteiger partial charge is 0.481 e. The fourth-order valence-corrected chi connectivity index (χ4v) is 2.69. The second kappa shape index (κ2) is 65.3. The van der Waals surface area contributed by atoms with Gasteiger partial charge in [0.2, 0.25) is 0 Å². The van der Waals surface area contributed by atoms with Crippen LogP contribution in [0.15, 0.2) is 12.2 Å². The Kier molecular flexibility index (Phi) is 80.7. The molecule has 0 aromatic heterocycles. The summed E-state index contributed by atoms with van der Waals surface area (Å²) in [5, 5.41) is 153. The monoisotopic (exact) mass is 835 g/mol. The second-order valence-electron chi connectivity index (χ2n) is 11.8. The second-order valence-corrected chi connectivity index (χ2v) is 11.8. The van der Waals surface area contributed by atoms with Crippen LogP contribution in [0, 0.1) is 0 Å². The molecule has 0 aliphatic carbocycles. The number of unbranched alkanes of at least 4 members (excludes halogenated alkanes) is 11. The summed E-state index contributed by atoms with van der Waals surface area (Å²) < 4.78 is 0. The number of carboxylic acid groups (broad SMARTS) is 1. The molecule has 0 aliphatic heterocycles. The van der Waals surface area contributed by atoms with E-state index in [1.54, 1.807) is 0 Å². The molecule has 56 heavy (non-hydrogen) atoms. The number of carbonyl (C=O) groups is 1. The summed E-state index contributed by atoms with van der Waals surface area (Å²) in [6.45, 7) is -2.12. The molecule has 0 saturated heterocycles. The molecule has 0 unspecified atom stereocenters. The Balaban J connectivity index is -0.000000111. The topological polar surface area (TPSA) is 401 Å². The van der Waals surface area contributed by atoms with E-state index in [2.05, 4.69) is 19.1 Å². The molecule has 0 aromatic carbocycles. The number of aliphatic hydroxyl groups is 18. The number of rotatable bonds is 27. The zero-order chi connectivity index (χ0) is 44.8. The normalized spacial score (nSPS) is 10.4. The van der Waals surface area contributed by atoms with E-state index in [-0.39, 0.29) is 79.3 Å². The first-order valence-electron chi connectivity index (χ1n) is 18.9. The van der Waals surface area contributed by atoms with Crippen LogP contribution in [0.3, 0.4) is 0 Å². The molecule has 0 heterocycles. The van der Waals surface area contributed by atoms with Crippen molar-refractivity contribution in [1.82, 2.24) is 0 Å². The Morgan fingerprint density at radius 1 is 0.357 bits per heavy atom. The Bertz CT molecular complexity index is 579. The zero-order valence-corrected chi connectivity index (χ0v) is 33.4. The first-order chi connectivity index (χ1) is 26.6. The van der Waals surface area contributed by atoms with E-state index in [1.807, 2.05) is 0 Å². The molecule has 0 rings (SSSR count). The molecule has 346 valence electrons. The van der Waals surface area contributed by atoms with Crippen LogP contribution >= 0.6 is 0 Å². The minimum Gasteiger partial charge on any atom is -0.481 e. The van der Waals surface area contributed by atoms with Gasteiger partial charge in [-0.05, 0) is 32.1 Å². The Hall–Kier alpha value is -1.51. The molecular formula is C36H82O20. The van der Waals surface area contributed by atoms with Gasteiger partial charge in [-0.15, -0.1) is 0 Å². The van der Waals surface area contributed by atoms with Crippen molar-refractivity contribution in [1.29, 1.82) is 0 Å². The predicted octanol–water partition coefficient (Wildman–Crippen LogP) is -3.90. The van der Waals surface area contributed by atoms with Crippen molar-refractivity contribution in [2.24, 2.45) is 0 Å². The summed E-state index contributed by atoms with van der Waals surface area (Å²) >= 11 is 0. The first kappa shape index (κ1) is 69.1. The predicted molar refractivity (Wildman–Crippen MR) is 208 cm³/mol. The summed E-state index contributed by atoms with van der Waals surface area (Å²) in [5.74, 6) is -0.664. The van der Waals surface area contributed by atoms with Gasteiger partial charge < -0.3 is 97.0 Å². The smallest absolute Gasteiger partial charge is 0.303 e. The summed E-state index contributed by atoms with van der Waals surface area (Å²) in [7, 11) is 0. The van der Waals surface area contributed by atoms with Crippen LogP contribution in [0.4, 0.5) is 0 Å². The standard InChI is InChI=1S/C18H34O2.6C3H8O3/c1-2-3-4-5-6-7-8-9-10-11-12-13-14-15-16-17-18(19)20;6*4-1-3(6)2-5/h9-10H,2-8,11-17H2,1H3,(H,19,20);6*3-6H,1-2H2/b10-9-;;;;;;. The van der Waals surface area contributed by atoms with Crippen molar-refractivity contribution in [3.8, 4) is 0 Å². The molecule has 19 N–H and O–H groups in total. The minimum atomic E-state index is -0.954. The molecule has 0 radical (unpaired) electrons. The lowest BCUT2D eigenvalue weighted by Crippen LogP contribution is -2.15. The zero-order valence-electron chi connectivity index (χ0n) is 33.4. The SMILES string of the molecule is CCCCCCCC/C=C\CCCCCCCC(=O)O.OCC(O)CO.OCC(O)CO.OCC(O)CO.OCC(O)CO.OCC(O)CO.OCC(O)CO. The number of aliphatic carboxylic acids is 1. The van der Waals surface area contributed by atoms with Gasteiger partial charge in [-0.25, -0.2) is 0 Å². The first-order valence-corrected chi connectivity index (χ1v) is 18.9. The van der Waals surface area contributed by atoms with Crippen LogP contribution in [0.5, 0.6) is 0 Å². The molecule has 0 aromatic rings. The van der Waals surface area contributed by atoms with Crippen molar-refractivity contribution in [2.75, 3.05) is 79.3 Å². The molecule has 0 aliphatic rings. The lowest BCUT2D eigenvalue weighted by Gasteiger charge is -1.99. The van der Waals surface area contributed by atoms with E-state index in [0.29, 0.717) is 6.42 Å². The highest BCUT2D eigenvalue weighted by Crippen LogP contribution is 2.09. The van der Waals surface area contributed by atoms with Crippen LogP contribution in [-0.4, -0.2) is 219 Å². The quantitative estimate of drug-likeness (QED) is 0.0278. The van der Waals surface area contributed by atoms with Crippen molar-refractivity contribution in [3.05, 3.63) is 12.2 Å². The Labute approximate surface area is 332 Å². The van der Waals surface area contributed by atoms with Crippen LogP contribution in [0.25, 0.3) is 0 Å². The molecule has 0 atom stereocenters. The lowest BCUT2D eigenvalue weighted by molar-refractivity contribution is -0.137. The number of hydrogen-bond acceptors (Lipinski definition) is 19. The highest BCUT2D eigenvalue weighted by molar-refractivity contribution is 5.66. The van der Waals surface area contributed by atoms with E-state index in [0.717, 1.165) is 12.8 Å². The van der Waals surface area contributed by atoms with E-state index in [1.165, 1.54) is 70.6 Å². The van der Waals surface area contributed by atoms with Gasteiger partial charge in [-0.2, -0.15) is 0 Å². The lowest BCUT2D eigenvalue weighted by atomic mass is 10.1. The van der Waals surface area contributed by atoms with E-state index >= 15 is 0 Å². The molecule has 0 fully saturated rings. The highest BCUT2D eigenvalue weighted by atomic mass is 16.4. The van der Waals surface area contributed by atoms with Crippen molar-refractivity contribution in [3.63, 3.8) is 0 Å². The summed E-state index contributed by atoms with van der Waals surface area (Å²) in [4.78, 5) is 10.3. The van der Waals surface area contributed by atoms with Crippen LogP contribution in [-0.2, 0) is 4.79 Å². The highest BCUT2D eigenvalue weighted by Gasteiger charge is 1.98. The minimum absolute atomic E-state index is 0.332. The number of carboxylic acids is 1. The average molecular weight is 835 g/mol. The third-order valence-electron chi connectivity index (χ3n) is 6.18. The fourth-order valence-electron chi connectivity index (χ4n) is 2.69. The molecule has 20 nitrogen and oxygen atoms in total. The van der Waals surface area contributed by atoms with E-state index in [4.69, 9.17) is 97.0 Å². The molecule has 0 amide bonds. The van der Waals surface area contributed by atoms with E-state index in [9.17, 15) is 4.79 Å². The number of hydrogen-bond donors (Lipinski definition) is 19. The molecule has 0 saturated carbocycles. The third-order valence-corrected chi connectivity index (χ3v) is 6.18. The van der Waals surface area contributed by atoms with Gasteiger partial charge in [0.25, 0.3) is 0 Å². The summed E-state index contributed by atoms with van der Waals surface area (Å²) in [5.41, 5.74) is 0. The van der Waals surface area contributed by atoms with Crippen molar-refractivity contribution < 1.29 is 102 Å². The molecule has 20 heteroatoms. The van der Waals surface area contributed by atoms with Crippen LogP contribution < -0.4 is 0 Å². The molecule has 0 spiro atoms. The maximum atomic E-state index is 10.3. The molecular weight excluding hydrogens is 752 g/mol. The molecule has 0 bridgehead atoms. The van der Waals surface area contributed by atoms with Crippen molar-refractivity contribution >= 4 is 5.97 Å².